The van der Waals surface area contributed by atoms with E-state index in [1.54, 1.807) is 27.1 Å². The van der Waals surface area contributed by atoms with Crippen molar-refractivity contribution in [1.29, 1.82) is 0 Å². The van der Waals surface area contributed by atoms with Gasteiger partial charge in [-0.05, 0) is 18.6 Å². The number of carbonyl (C=O) groups is 1. The molecule has 0 aliphatic rings. The van der Waals surface area contributed by atoms with Gasteiger partial charge < -0.3 is 10.2 Å². The molecular weight excluding hydrogens is 210 g/mol. The van der Waals surface area contributed by atoms with Gasteiger partial charge in [-0.25, -0.2) is 15.2 Å². The Kier molecular flexibility index (Phi) is 3.94. The molecular formula is C10H15N3O3. The third-order valence-electron chi connectivity index (χ3n) is 2.04. The number of carboxylic acids is 1. The van der Waals surface area contributed by atoms with Crippen LogP contribution in [0.4, 0.5) is 0 Å². The van der Waals surface area contributed by atoms with E-state index in [0.717, 1.165) is 0 Å². The maximum Gasteiger partial charge on any atom is 0.337 e. The first-order valence-electron chi connectivity index (χ1n) is 4.74. The molecule has 0 radical (unpaired) electrons. The van der Waals surface area contributed by atoms with E-state index >= 15 is 0 Å². The number of nitrogens with one attached hydrogen (secondary N) is 1. The summed E-state index contributed by atoms with van der Waals surface area (Å²) in [6.07, 6.45) is 0.332. The summed E-state index contributed by atoms with van der Waals surface area (Å²) >= 11 is 0. The van der Waals surface area contributed by atoms with Gasteiger partial charge in [-0.2, -0.15) is 0 Å². The molecule has 1 rings (SSSR count). The van der Waals surface area contributed by atoms with Crippen LogP contribution in [0, 0.1) is 6.92 Å². The van der Waals surface area contributed by atoms with Crippen molar-refractivity contribution < 1.29 is 15.0 Å². The lowest BCUT2D eigenvalue weighted by Crippen LogP contribution is -2.35. The molecule has 3 N–H and O–H groups in total. The van der Waals surface area contributed by atoms with E-state index in [1.165, 1.54) is 11.2 Å². The van der Waals surface area contributed by atoms with Gasteiger partial charge in [0.05, 0.1) is 11.3 Å². The summed E-state index contributed by atoms with van der Waals surface area (Å²) in [6, 6.07) is 1.59. The molecule has 1 atom stereocenters. The van der Waals surface area contributed by atoms with Gasteiger partial charge in [0.15, 0.2) is 6.23 Å². The van der Waals surface area contributed by atoms with Crippen molar-refractivity contribution in [2.75, 3.05) is 14.1 Å². The number of aliphatic hydroxyl groups excluding tert-OH is 1. The van der Waals surface area contributed by atoms with E-state index < -0.39 is 12.2 Å². The summed E-state index contributed by atoms with van der Waals surface area (Å²) in [5, 5.41) is 20.3. The number of hydrazine groups is 1. The van der Waals surface area contributed by atoms with Gasteiger partial charge in [0.2, 0.25) is 0 Å². The molecule has 1 unspecified atom stereocenters. The number of rotatable bonds is 4. The molecule has 0 aliphatic heterocycles. The van der Waals surface area contributed by atoms with Crippen LogP contribution in [0.1, 0.15) is 27.8 Å². The molecule has 0 amide bonds. The first-order chi connectivity index (χ1) is 7.43. The molecule has 1 aromatic heterocycles. The van der Waals surface area contributed by atoms with Crippen molar-refractivity contribution in [3.63, 3.8) is 0 Å². The van der Waals surface area contributed by atoms with Crippen molar-refractivity contribution in [3.8, 4) is 0 Å². The maximum absolute atomic E-state index is 11.0. The van der Waals surface area contributed by atoms with Gasteiger partial charge in [0.25, 0.3) is 0 Å². The average molecular weight is 225 g/mol. The van der Waals surface area contributed by atoms with E-state index in [-0.39, 0.29) is 11.3 Å². The minimum absolute atomic E-state index is 0.0318. The van der Waals surface area contributed by atoms with Crippen LogP contribution >= 0.6 is 0 Å². The van der Waals surface area contributed by atoms with E-state index in [9.17, 15) is 9.90 Å². The highest BCUT2D eigenvalue weighted by Crippen LogP contribution is 2.17. The topological polar surface area (TPSA) is 85.7 Å². The predicted octanol–water partition coefficient (Wildman–Crippen LogP) is 0.145. The van der Waals surface area contributed by atoms with Crippen molar-refractivity contribution in [1.82, 2.24) is 15.4 Å². The predicted molar refractivity (Wildman–Crippen MR) is 57.7 cm³/mol. The molecule has 6 nitrogen and oxygen atoms in total. The van der Waals surface area contributed by atoms with Crippen LogP contribution in [0.2, 0.25) is 0 Å². The van der Waals surface area contributed by atoms with Gasteiger partial charge in [0.1, 0.15) is 0 Å². The van der Waals surface area contributed by atoms with E-state index in [4.69, 9.17) is 5.11 Å². The second-order valence-corrected chi connectivity index (χ2v) is 3.62. The average Bonchev–Trinajstić information content (AvgIpc) is 2.15. The minimum atomic E-state index is -1.14. The maximum atomic E-state index is 11.0. The third-order valence-corrected chi connectivity index (χ3v) is 2.04. The van der Waals surface area contributed by atoms with Crippen LogP contribution in [0.25, 0.3) is 0 Å². The van der Waals surface area contributed by atoms with Gasteiger partial charge >= 0.3 is 5.97 Å². The molecule has 0 saturated carbocycles. The molecule has 0 aliphatic carbocycles. The van der Waals surface area contributed by atoms with Crippen molar-refractivity contribution in [2.24, 2.45) is 0 Å². The summed E-state index contributed by atoms with van der Waals surface area (Å²) in [5.74, 6) is -1.10. The Morgan fingerprint density at radius 3 is 2.69 bits per heavy atom. The fourth-order valence-electron chi connectivity index (χ4n) is 1.37. The zero-order valence-electron chi connectivity index (χ0n) is 9.43. The number of nitrogens with zero attached hydrogens (tertiary/aromatic N) is 2. The number of aliphatic hydroxyl groups is 1. The van der Waals surface area contributed by atoms with Crippen LogP contribution in [0.15, 0.2) is 12.3 Å². The summed E-state index contributed by atoms with van der Waals surface area (Å²) in [7, 11) is 3.39. The van der Waals surface area contributed by atoms with Crippen molar-refractivity contribution >= 4 is 5.97 Å². The Hall–Kier alpha value is -1.50. The zero-order chi connectivity index (χ0) is 12.3. The fourth-order valence-corrected chi connectivity index (χ4v) is 1.37. The smallest absolute Gasteiger partial charge is 0.337 e. The van der Waals surface area contributed by atoms with Crippen molar-refractivity contribution in [2.45, 2.75) is 13.2 Å². The van der Waals surface area contributed by atoms with E-state index in [0.29, 0.717) is 5.56 Å². The quantitative estimate of drug-likeness (QED) is 0.499. The summed E-state index contributed by atoms with van der Waals surface area (Å²) in [6.45, 7) is 1.66. The molecule has 0 bridgehead atoms. The molecule has 0 aromatic carbocycles. The Labute approximate surface area is 93.5 Å². The second kappa shape index (κ2) is 5.02. The van der Waals surface area contributed by atoms with Gasteiger partial charge in [-0.3, -0.25) is 4.98 Å². The van der Waals surface area contributed by atoms with Crippen LogP contribution in [-0.4, -0.2) is 40.3 Å². The largest absolute Gasteiger partial charge is 0.478 e. The number of hydrogen-bond acceptors (Lipinski definition) is 5. The Bertz CT molecular complexity index is 393. The first kappa shape index (κ1) is 12.6. The number of aromatic nitrogens is 1. The lowest BCUT2D eigenvalue weighted by molar-refractivity contribution is 0.0544. The highest BCUT2D eigenvalue weighted by molar-refractivity contribution is 5.90. The standard InChI is InChI=1S/C10H15N3O3/c1-6-4-5-11-8(7(6)10(15)16)9(14)12-13(2)3/h4-5,9,12,14H,1-3H3,(H,15,16). The molecule has 6 heteroatoms. The third kappa shape index (κ3) is 2.75. The SMILES string of the molecule is Cc1ccnc(C(O)NN(C)C)c1C(=O)O. The van der Waals surface area contributed by atoms with Crippen LogP contribution in [0.3, 0.4) is 0 Å². The lowest BCUT2D eigenvalue weighted by atomic mass is 10.1. The van der Waals surface area contributed by atoms with Gasteiger partial charge in [-0.15, -0.1) is 0 Å². The number of carboxylic acid groups (broad SMARTS) is 1. The highest BCUT2D eigenvalue weighted by atomic mass is 16.4. The molecule has 88 valence electrons. The molecule has 0 saturated heterocycles. The van der Waals surface area contributed by atoms with Gasteiger partial charge in [-0.1, -0.05) is 0 Å². The van der Waals surface area contributed by atoms with Crippen molar-refractivity contribution in [3.05, 3.63) is 29.1 Å². The Morgan fingerprint density at radius 2 is 2.19 bits per heavy atom. The number of pyridine rings is 1. The summed E-state index contributed by atoms with van der Waals surface area (Å²) in [4.78, 5) is 14.9. The molecule has 16 heavy (non-hydrogen) atoms. The van der Waals surface area contributed by atoms with E-state index in [2.05, 4.69) is 10.4 Å². The molecule has 1 aromatic rings. The number of hydrogen-bond donors (Lipinski definition) is 3. The van der Waals surface area contributed by atoms with Crippen LogP contribution < -0.4 is 5.43 Å². The monoisotopic (exact) mass is 225 g/mol. The van der Waals surface area contributed by atoms with Crippen LogP contribution in [-0.2, 0) is 0 Å². The zero-order valence-corrected chi connectivity index (χ0v) is 9.43. The fraction of sp³-hybridized carbons (Fsp3) is 0.400. The van der Waals surface area contributed by atoms with Crippen LogP contribution in [0.5, 0.6) is 0 Å². The summed E-state index contributed by atoms with van der Waals surface area (Å²) in [5.41, 5.74) is 3.36. The number of aromatic carboxylic acids is 1. The summed E-state index contributed by atoms with van der Waals surface area (Å²) < 4.78 is 0. The Balaban J connectivity index is 3.12. The lowest BCUT2D eigenvalue weighted by Gasteiger charge is -2.19. The number of aryl methyl sites for hydroxylation is 1. The van der Waals surface area contributed by atoms with Gasteiger partial charge in [0, 0.05) is 20.3 Å². The normalized spacial score (nSPS) is 12.8. The molecule has 1 heterocycles. The first-order valence-corrected chi connectivity index (χ1v) is 4.74. The second-order valence-electron chi connectivity index (χ2n) is 3.62. The highest BCUT2D eigenvalue weighted by Gasteiger charge is 2.20. The molecule has 0 spiro atoms. The van der Waals surface area contributed by atoms with E-state index in [1.807, 2.05) is 0 Å². The molecule has 0 fully saturated rings. The Morgan fingerprint density at radius 1 is 1.56 bits per heavy atom. The minimum Gasteiger partial charge on any atom is -0.478 e.